The van der Waals surface area contributed by atoms with Crippen LogP contribution < -0.4 is 10.6 Å². The van der Waals surface area contributed by atoms with Crippen LogP contribution >= 0.6 is 39.9 Å². The topological polar surface area (TPSA) is 62.5 Å². The van der Waals surface area contributed by atoms with Crippen LogP contribution in [-0.2, 0) is 12.0 Å². The monoisotopic (exact) mass is 532 g/mol. The van der Waals surface area contributed by atoms with E-state index in [1.165, 1.54) is 22.9 Å². The molecular weight excluding hydrogens is 507 g/mol. The van der Waals surface area contributed by atoms with Crippen LogP contribution in [0.2, 0.25) is 0 Å². The van der Waals surface area contributed by atoms with Crippen molar-refractivity contribution in [2.24, 2.45) is 4.99 Å². The molecule has 0 saturated heterocycles. The van der Waals surface area contributed by atoms with Crippen molar-refractivity contribution < 1.29 is 4.52 Å². The Labute approximate surface area is 180 Å². The van der Waals surface area contributed by atoms with Crippen molar-refractivity contribution in [3.8, 4) is 0 Å². The molecule has 1 aromatic carbocycles. The van der Waals surface area contributed by atoms with Crippen molar-refractivity contribution in [1.29, 1.82) is 0 Å². The molecule has 0 atom stereocenters. The number of hydrogen-bond donors (Lipinski definition) is 2. The van der Waals surface area contributed by atoms with Crippen molar-refractivity contribution in [3.63, 3.8) is 0 Å². The fourth-order valence-electron chi connectivity index (χ4n) is 2.91. The molecule has 1 aromatic heterocycles. The van der Waals surface area contributed by atoms with Crippen LogP contribution in [0.25, 0.3) is 0 Å². The zero-order valence-electron chi connectivity index (χ0n) is 15.4. The van der Waals surface area contributed by atoms with E-state index in [9.17, 15) is 0 Å². The molecular formula is C19H26BrIN4O. The van der Waals surface area contributed by atoms with Gasteiger partial charge >= 0.3 is 0 Å². The Bertz CT molecular complexity index is 756. The molecule has 0 aliphatic heterocycles. The highest BCUT2D eigenvalue weighted by Crippen LogP contribution is 2.49. The third kappa shape index (κ3) is 5.00. The lowest BCUT2D eigenvalue weighted by atomic mass is 9.96. The van der Waals surface area contributed by atoms with E-state index in [1.54, 1.807) is 7.05 Å². The summed E-state index contributed by atoms with van der Waals surface area (Å²) in [7, 11) is 1.78. The predicted octanol–water partition coefficient (Wildman–Crippen LogP) is 4.58. The first kappa shape index (κ1) is 21.2. The van der Waals surface area contributed by atoms with Gasteiger partial charge in [-0.3, -0.25) is 4.99 Å². The number of halogens is 2. The molecule has 0 unspecified atom stereocenters. The molecule has 1 aliphatic carbocycles. The van der Waals surface area contributed by atoms with Gasteiger partial charge in [0.15, 0.2) is 11.7 Å². The Kier molecular flexibility index (Phi) is 7.52. The van der Waals surface area contributed by atoms with Crippen LogP contribution in [0.5, 0.6) is 0 Å². The summed E-state index contributed by atoms with van der Waals surface area (Å²) in [6.45, 7) is 5.64. The molecule has 7 heteroatoms. The third-order valence-electron chi connectivity index (χ3n) is 4.72. The summed E-state index contributed by atoms with van der Waals surface area (Å²) >= 11 is 3.68. The Morgan fingerprint density at radius 2 is 2.04 bits per heavy atom. The van der Waals surface area contributed by atoms with Crippen LogP contribution in [0.15, 0.2) is 44.3 Å². The maximum absolute atomic E-state index is 5.36. The van der Waals surface area contributed by atoms with Gasteiger partial charge in [0.05, 0.1) is 12.2 Å². The number of rotatable bonds is 6. The average Bonchev–Trinajstić information content (AvgIpc) is 3.23. The molecule has 3 rings (SSSR count). The van der Waals surface area contributed by atoms with Crippen molar-refractivity contribution in [1.82, 2.24) is 15.8 Å². The molecule has 1 fully saturated rings. The van der Waals surface area contributed by atoms with Gasteiger partial charge in [0.2, 0.25) is 0 Å². The zero-order valence-corrected chi connectivity index (χ0v) is 19.3. The molecule has 1 heterocycles. The Balaban J connectivity index is 0.00000243. The summed E-state index contributed by atoms with van der Waals surface area (Å²) in [4.78, 5) is 4.31. The number of hydrogen-bond acceptors (Lipinski definition) is 3. The van der Waals surface area contributed by atoms with Gasteiger partial charge in [-0.15, -0.1) is 24.0 Å². The second-order valence-corrected chi connectivity index (χ2v) is 7.77. The number of aromatic nitrogens is 1. The van der Waals surface area contributed by atoms with Crippen molar-refractivity contribution in [3.05, 3.63) is 51.8 Å². The highest BCUT2D eigenvalue weighted by Gasteiger charge is 2.45. The van der Waals surface area contributed by atoms with Gasteiger partial charge in [0.25, 0.3) is 0 Å². The number of nitrogens with zero attached hydrogens (tertiary/aromatic N) is 2. The van der Waals surface area contributed by atoms with Crippen LogP contribution in [-0.4, -0.2) is 24.7 Å². The highest BCUT2D eigenvalue weighted by atomic mass is 127. The number of guanidine groups is 1. The fraction of sp³-hybridized carbons (Fsp3) is 0.474. The normalized spacial score (nSPS) is 15.5. The average molecular weight is 533 g/mol. The van der Waals surface area contributed by atoms with Gasteiger partial charge in [-0.1, -0.05) is 53.1 Å². The van der Waals surface area contributed by atoms with Crippen LogP contribution in [0.4, 0.5) is 0 Å². The number of aliphatic imine (C=N–C) groups is 1. The van der Waals surface area contributed by atoms with Gasteiger partial charge in [-0.2, -0.15) is 0 Å². The second-order valence-electron chi connectivity index (χ2n) is 6.91. The van der Waals surface area contributed by atoms with E-state index in [2.05, 4.69) is 74.8 Å². The third-order valence-corrected chi connectivity index (χ3v) is 5.41. The molecule has 0 radical (unpaired) electrons. The number of nitrogens with one attached hydrogen (secondary N) is 2. The molecule has 2 N–H and O–H groups in total. The lowest BCUT2D eigenvalue weighted by molar-refractivity contribution is 0.372. The largest absolute Gasteiger partial charge is 0.359 e. The summed E-state index contributed by atoms with van der Waals surface area (Å²) in [5, 5.41) is 10.8. The first-order valence-corrected chi connectivity index (χ1v) is 9.48. The Morgan fingerprint density at radius 1 is 1.31 bits per heavy atom. The van der Waals surface area contributed by atoms with Gasteiger partial charge in [-0.05, 0) is 30.4 Å². The van der Waals surface area contributed by atoms with E-state index in [0.29, 0.717) is 12.5 Å². The lowest BCUT2D eigenvalue weighted by Crippen LogP contribution is -2.40. The zero-order chi connectivity index (χ0) is 17.9. The molecule has 0 bridgehead atoms. The predicted molar refractivity (Wildman–Crippen MR) is 119 cm³/mol. The minimum atomic E-state index is 0. The summed E-state index contributed by atoms with van der Waals surface area (Å²) < 4.78 is 6.54. The van der Waals surface area contributed by atoms with Gasteiger partial charge in [0, 0.05) is 29.5 Å². The summed E-state index contributed by atoms with van der Waals surface area (Å²) in [5.74, 6) is 1.97. The van der Waals surface area contributed by atoms with E-state index in [4.69, 9.17) is 4.52 Å². The molecule has 1 saturated carbocycles. The number of benzene rings is 1. The second kappa shape index (κ2) is 9.21. The van der Waals surface area contributed by atoms with E-state index in [-0.39, 0.29) is 29.4 Å². The summed E-state index contributed by atoms with van der Waals surface area (Å²) in [5.41, 5.74) is 2.55. The first-order valence-electron chi connectivity index (χ1n) is 8.69. The van der Waals surface area contributed by atoms with Crippen LogP contribution in [0, 0.1) is 0 Å². The molecule has 5 nitrogen and oxygen atoms in total. The molecule has 1 aliphatic rings. The Morgan fingerprint density at radius 3 is 2.62 bits per heavy atom. The van der Waals surface area contributed by atoms with E-state index in [1.807, 2.05) is 6.07 Å². The van der Waals surface area contributed by atoms with Crippen molar-refractivity contribution in [2.75, 3.05) is 13.6 Å². The van der Waals surface area contributed by atoms with E-state index < -0.39 is 0 Å². The minimum absolute atomic E-state index is 0. The van der Waals surface area contributed by atoms with Gasteiger partial charge in [0.1, 0.15) is 0 Å². The van der Waals surface area contributed by atoms with Gasteiger partial charge in [-0.25, -0.2) is 0 Å². The first-order chi connectivity index (χ1) is 12.0. The highest BCUT2D eigenvalue weighted by molar-refractivity contribution is 14.0. The molecule has 0 amide bonds. The summed E-state index contributed by atoms with van der Waals surface area (Å²) in [6.07, 6.45) is 2.39. The van der Waals surface area contributed by atoms with Crippen molar-refractivity contribution in [2.45, 2.75) is 44.6 Å². The van der Waals surface area contributed by atoms with Crippen molar-refractivity contribution >= 4 is 45.9 Å². The van der Waals surface area contributed by atoms with Gasteiger partial charge < -0.3 is 15.2 Å². The van der Waals surface area contributed by atoms with E-state index >= 15 is 0 Å². The molecule has 26 heavy (non-hydrogen) atoms. The lowest BCUT2D eigenvalue weighted by Gasteiger charge is -2.20. The fourth-order valence-corrected chi connectivity index (χ4v) is 3.62. The molecule has 2 aromatic rings. The molecule has 142 valence electrons. The standard InChI is InChI=1S/C19H25BrN4O.HI/c1-13(2)17-10-14(25-24-17)11-22-18(21-3)23-12-19(8-9-19)15-6-4-5-7-16(15)20;/h4-7,10,13H,8-9,11-12H2,1-3H3,(H2,21,22,23);1H. The van der Waals surface area contributed by atoms with E-state index in [0.717, 1.165) is 24.0 Å². The maximum atomic E-state index is 5.36. The quantitative estimate of drug-likeness (QED) is 0.325. The molecule has 0 spiro atoms. The summed E-state index contributed by atoms with van der Waals surface area (Å²) in [6, 6.07) is 10.5. The minimum Gasteiger partial charge on any atom is -0.359 e. The van der Waals surface area contributed by atoms with Crippen LogP contribution in [0.3, 0.4) is 0 Å². The maximum Gasteiger partial charge on any atom is 0.191 e. The smallest absolute Gasteiger partial charge is 0.191 e. The van der Waals surface area contributed by atoms with Crippen LogP contribution in [0.1, 0.15) is 49.6 Å². The SMILES string of the molecule is CN=C(NCc1cc(C(C)C)no1)NCC1(c2ccccc2Br)CC1.I. The Hall–Kier alpha value is -1.09.